The first kappa shape index (κ1) is 14.3. The average molecular weight is 242 g/mol. The summed E-state index contributed by atoms with van der Waals surface area (Å²) in [4.78, 5) is 0. The van der Waals surface area contributed by atoms with Crippen molar-refractivity contribution in [3.63, 3.8) is 0 Å². The zero-order valence-corrected chi connectivity index (χ0v) is 10.9. The van der Waals surface area contributed by atoms with Gasteiger partial charge in [0.2, 0.25) is 0 Å². The number of rotatable bonds is 8. The van der Waals surface area contributed by atoms with Crippen LogP contribution in [0.1, 0.15) is 12.0 Å². The lowest BCUT2D eigenvalue weighted by atomic mass is 10.1. The smallest absolute Gasteiger partial charge is 0.0314 e. The van der Waals surface area contributed by atoms with Crippen LogP contribution < -0.4 is 11.1 Å². The molecule has 1 rings (SSSR count). The number of hydrogen-bond donors (Lipinski definition) is 2. The Balaban J connectivity index is 2.19. The van der Waals surface area contributed by atoms with Crippen LogP contribution in [-0.4, -0.2) is 13.1 Å². The minimum atomic E-state index is 0.817. The Bertz CT molecular complexity index is 402. The summed E-state index contributed by atoms with van der Waals surface area (Å²) in [5.74, 6) is 0. The highest BCUT2D eigenvalue weighted by Crippen LogP contribution is 2.05. The SMILES string of the molecule is C=C/C=C(\C=C)CCNCCc1ccc(N)cc1. The van der Waals surface area contributed by atoms with E-state index in [2.05, 4.69) is 30.6 Å². The largest absolute Gasteiger partial charge is 0.399 e. The van der Waals surface area contributed by atoms with E-state index in [1.807, 2.05) is 24.3 Å². The summed E-state index contributed by atoms with van der Waals surface area (Å²) in [7, 11) is 0. The molecule has 0 saturated heterocycles. The summed E-state index contributed by atoms with van der Waals surface area (Å²) in [6, 6.07) is 8.03. The molecule has 0 aliphatic heterocycles. The molecule has 1 aromatic carbocycles. The number of nitrogens with two attached hydrogens (primary N) is 1. The maximum atomic E-state index is 5.64. The minimum absolute atomic E-state index is 0.817. The summed E-state index contributed by atoms with van der Waals surface area (Å²) < 4.78 is 0. The molecule has 18 heavy (non-hydrogen) atoms. The van der Waals surface area contributed by atoms with Gasteiger partial charge in [-0.3, -0.25) is 0 Å². The van der Waals surface area contributed by atoms with Crippen molar-refractivity contribution < 1.29 is 0 Å². The fourth-order valence-corrected chi connectivity index (χ4v) is 1.68. The molecule has 3 N–H and O–H groups in total. The zero-order valence-electron chi connectivity index (χ0n) is 10.9. The summed E-state index contributed by atoms with van der Waals surface area (Å²) in [5.41, 5.74) is 8.98. The van der Waals surface area contributed by atoms with E-state index in [1.54, 1.807) is 6.08 Å². The molecule has 2 heteroatoms. The summed E-state index contributed by atoms with van der Waals surface area (Å²) >= 11 is 0. The normalized spacial score (nSPS) is 11.2. The van der Waals surface area contributed by atoms with Crippen molar-refractivity contribution in [2.75, 3.05) is 18.8 Å². The van der Waals surface area contributed by atoms with E-state index in [1.165, 1.54) is 11.1 Å². The van der Waals surface area contributed by atoms with Gasteiger partial charge in [-0.25, -0.2) is 0 Å². The Morgan fingerprint density at radius 2 is 1.89 bits per heavy atom. The third kappa shape index (κ3) is 5.51. The van der Waals surface area contributed by atoms with Crippen LogP contribution in [0.15, 0.2) is 61.2 Å². The quantitative estimate of drug-likeness (QED) is 0.417. The molecule has 0 heterocycles. The second-order valence-electron chi connectivity index (χ2n) is 4.17. The summed E-state index contributed by atoms with van der Waals surface area (Å²) in [6.45, 7) is 9.40. The zero-order chi connectivity index (χ0) is 13.2. The predicted molar refractivity (Wildman–Crippen MR) is 80.5 cm³/mol. The lowest BCUT2D eigenvalue weighted by molar-refractivity contribution is 0.683. The lowest BCUT2D eigenvalue weighted by Crippen LogP contribution is -2.18. The Hall–Kier alpha value is -1.80. The maximum Gasteiger partial charge on any atom is 0.0314 e. The van der Waals surface area contributed by atoms with Gasteiger partial charge in [0.05, 0.1) is 0 Å². The molecule has 96 valence electrons. The van der Waals surface area contributed by atoms with Crippen LogP contribution in [0.3, 0.4) is 0 Å². The van der Waals surface area contributed by atoms with Gasteiger partial charge in [-0.05, 0) is 49.2 Å². The van der Waals surface area contributed by atoms with Crippen LogP contribution in [0.4, 0.5) is 5.69 Å². The van der Waals surface area contributed by atoms with Gasteiger partial charge in [0, 0.05) is 5.69 Å². The number of allylic oxidation sites excluding steroid dienone is 3. The molecule has 0 unspecified atom stereocenters. The second-order valence-corrected chi connectivity index (χ2v) is 4.17. The molecular weight excluding hydrogens is 220 g/mol. The van der Waals surface area contributed by atoms with Crippen molar-refractivity contribution in [3.05, 3.63) is 66.8 Å². The van der Waals surface area contributed by atoms with E-state index in [4.69, 9.17) is 5.73 Å². The van der Waals surface area contributed by atoms with E-state index in [9.17, 15) is 0 Å². The fourth-order valence-electron chi connectivity index (χ4n) is 1.68. The van der Waals surface area contributed by atoms with Gasteiger partial charge in [-0.2, -0.15) is 0 Å². The van der Waals surface area contributed by atoms with E-state index >= 15 is 0 Å². The van der Waals surface area contributed by atoms with Crippen molar-refractivity contribution in [3.8, 4) is 0 Å². The van der Waals surface area contributed by atoms with Crippen molar-refractivity contribution in [1.29, 1.82) is 0 Å². The predicted octanol–water partition coefficient (Wildman–Crippen LogP) is 3.09. The topological polar surface area (TPSA) is 38.0 Å². The molecule has 0 amide bonds. The van der Waals surface area contributed by atoms with Crippen LogP contribution in [-0.2, 0) is 6.42 Å². The van der Waals surface area contributed by atoms with Crippen molar-refractivity contribution in [2.24, 2.45) is 0 Å². The Kier molecular flexibility index (Phi) is 6.59. The van der Waals surface area contributed by atoms with Crippen LogP contribution in [0, 0.1) is 0 Å². The van der Waals surface area contributed by atoms with E-state index < -0.39 is 0 Å². The lowest BCUT2D eigenvalue weighted by Gasteiger charge is -2.05. The standard InChI is InChI=1S/C16H22N2/c1-3-5-14(4-2)10-12-18-13-11-15-6-8-16(17)9-7-15/h3-9,18H,1-2,10-13,17H2/b14-5+. The van der Waals surface area contributed by atoms with Gasteiger partial charge in [0.1, 0.15) is 0 Å². The van der Waals surface area contributed by atoms with E-state index in [-0.39, 0.29) is 0 Å². The van der Waals surface area contributed by atoms with Gasteiger partial charge in [-0.1, -0.05) is 43.5 Å². The fraction of sp³-hybridized carbons (Fsp3) is 0.250. The first-order valence-corrected chi connectivity index (χ1v) is 6.25. The average Bonchev–Trinajstić information content (AvgIpc) is 2.39. The molecule has 2 nitrogen and oxygen atoms in total. The number of benzene rings is 1. The number of hydrogen-bond acceptors (Lipinski definition) is 2. The molecule has 0 spiro atoms. The van der Waals surface area contributed by atoms with Crippen LogP contribution in [0.25, 0.3) is 0 Å². The number of nitrogen functional groups attached to an aromatic ring is 1. The monoisotopic (exact) mass is 242 g/mol. The number of anilines is 1. The first-order valence-electron chi connectivity index (χ1n) is 6.25. The molecule has 0 aliphatic rings. The molecule has 0 saturated carbocycles. The summed E-state index contributed by atoms with van der Waals surface area (Å²) in [5, 5.41) is 3.42. The summed E-state index contributed by atoms with van der Waals surface area (Å²) in [6.07, 6.45) is 7.68. The van der Waals surface area contributed by atoms with E-state index in [0.717, 1.165) is 31.6 Å². The van der Waals surface area contributed by atoms with Gasteiger partial charge in [-0.15, -0.1) is 0 Å². The van der Waals surface area contributed by atoms with Crippen molar-refractivity contribution in [2.45, 2.75) is 12.8 Å². The number of nitrogens with one attached hydrogen (secondary N) is 1. The molecule has 0 bridgehead atoms. The molecular formula is C16H22N2. The second kappa shape index (κ2) is 8.31. The Labute approximate surface area is 110 Å². The van der Waals surface area contributed by atoms with Gasteiger partial charge in [0.15, 0.2) is 0 Å². The Morgan fingerprint density at radius 3 is 2.50 bits per heavy atom. The maximum absolute atomic E-state index is 5.64. The highest BCUT2D eigenvalue weighted by Gasteiger charge is 1.94. The van der Waals surface area contributed by atoms with Gasteiger partial charge >= 0.3 is 0 Å². The molecule has 1 aromatic rings. The first-order chi connectivity index (χ1) is 8.76. The minimum Gasteiger partial charge on any atom is -0.399 e. The Morgan fingerprint density at radius 1 is 1.17 bits per heavy atom. The van der Waals surface area contributed by atoms with Crippen LogP contribution in [0.2, 0.25) is 0 Å². The van der Waals surface area contributed by atoms with Crippen molar-refractivity contribution >= 4 is 5.69 Å². The highest BCUT2D eigenvalue weighted by atomic mass is 14.8. The van der Waals surface area contributed by atoms with Crippen LogP contribution >= 0.6 is 0 Å². The third-order valence-corrected chi connectivity index (χ3v) is 2.75. The molecule has 0 atom stereocenters. The van der Waals surface area contributed by atoms with E-state index in [0.29, 0.717) is 0 Å². The van der Waals surface area contributed by atoms with Gasteiger partial charge in [0.25, 0.3) is 0 Å². The van der Waals surface area contributed by atoms with Crippen LogP contribution in [0.5, 0.6) is 0 Å². The molecule has 0 fully saturated rings. The molecule has 0 aliphatic carbocycles. The molecule has 0 aromatic heterocycles. The highest BCUT2D eigenvalue weighted by molar-refractivity contribution is 5.39. The third-order valence-electron chi connectivity index (χ3n) is 2.75. The molecule has 0 radical (unpaired) electrons. The van der Waals surface area contributed by atoms with Gasteiger partial charge < -0.3 is 11.1 Å². The van der Waals surface area contributed by atoms with Crippen molar-refractivity contribution in [1.82, 2.24) is 5.32 Å².